The maximum Gasteiger partial charge on any atom is 0.419 e. The second kappa shape index (κ2) is 13.7. The molecule has 13 heteroatoms. The van der Waals surface area contributed by atoms with Crippen molar-refractivity contribution < 1.29 is 32.6 Å². The van der Waals surface area contributed by atoms with Crippen LogP contribution in [-0.4, -0.2) is 88.6 Å². The van der Waals surface area contributed by atoms with Crippen LogP contribution in [0.3, 0.4) is 0 Å². The molecule has 0 radical (unpaired) electrons. The number of alkyl halides is 2. The van der Waals surface area contributed by atoms with Gasteiger partial charge in [-0.25, -0.2) is 18.4 Å². The molecule has 11 nitrogen and oxygen atoms in total. The van der Waals surface area contributed by atoms with E-state index in [-0.39, 0.29) is 12.6 Å². The van der Waals surface area contributed by atoms with Gasteiger partial charge in [0.05, 0.1) is 49.4 Å². The third-order valence-electron chi connectivity index (χ3n) is 8.19. The van der Waals surface area contributed by atoms with Gasteiger partial charge in [-0.2, -0.15) is 5.10 Å². The zero-order valence-electron chi connectivity index (χ0n) is 27.8. The molecule has 0 unspecified atom stereocenters. The third kappa shape index (κ3) is 7.57. The Morgan fingerprint density at radius 2 is 1.89 bits per heavy atom. The maximum absolute atomic E-state index is 13.6. The molecule has 4 aromatic rings. The Hall–Kier alpha value is -4.49. The lowest BCUT2D eigenvalue weighted by atomic mass is 9.97. The van der Waals surface area contributed by atoms with Crippen LogP contribution >= 0.6 is 0 Å². The molecule has 1 aliphatic heterocycles. The van der Waals surface area contributed by atoms with E-state index < -0.39 is 24.1 Å². The molecular formula is C34H42F2N6O5. The number of anilines is 2. The van der Waals surface area contributed by atoms with E-state index in [0.29, 0.717) is 54.4 Å². The van der Waals surface area contributed by atoms with Crippen molar-refractivity contribution in [2.45, 2.75) is 52.3 Å². The summed E-state index contributed by atoms with van der Waals surface area (Å²) in [6.07, 6.45) is 2.17. The van der Waals surface area contributed by atoms with Crippen LogP contribution in [-0.2, 0) is 23.1 Å². The molecule has 47 heavy (non-hydrogen) atoms. The Balaban J connectivity index is 1.56. The number of aryl methyl sites for hydroxylation is 2. The zero-order chi connectivity index (χ0) is 34.0. The van der Waals surface area contributed by atoms with Crippen molar-refractivity contribution in [1.82, 2.24) is 24.1 Å². The van der Waals surface area contributed by atoms with E-state index in [0.717, 1.165) is 22.1 Å². The Morgan fingerprint density at radius 3 is 2.53 bits per heavy atom. The van der Waals surface area contributed by atoms with E-state index in [2.05, 4.69) is 15.3 Å². The third-order valence-corrected chi connectivity index (χ3v) is 8.19. The monoisotopic (exact) mass is 652 g/mol. The molecule has 1 fully saturated rings. The van der Waals surface area contributed by atoms with Crippen molar-refractivity contribution in [3.63, 3.8) is 0 Å². The highest BCUT2D eigenvalue weighted by Crippen LogP contribution is 2.37. The molecule has 3 heterocycles. The predicted molar refractivity (Wildman–Crippen MR) is 175 cm³/mol. The van der Waals surface area contributed by atoms with Gasteiger partial charge in [-0.1, -0.05) is 6.07 Å². The summed E-state index contributed by atoms with van der Waals surface area (Å²) in [7, 11) is 4.72. The normalized spacial score (nSPS) is 16.1. The minimum Gasteiger partial charge on any atom is -0.496 e. The summed E-state index contributed by atoms with van der Waals surface area (Å²) in [5.41, 5.74) is 4.11. The first kappa shape index (κ1) is 33.9. The minimum atomic E-state index is -2.48. The van der Waals surface area contributed by atoms with E-state index >= 15 is 0 Å². The van der Waals surface area contributed by atoms with Gasteiger partial charge in [0.15, 0.2) is 0 Å². The van der Waals surface area contributed by atoms with Gasteiger partial charge in [-0.15, -0.1) is 0 Å². The summed E-state index contributed by atoms with van der Waals surface area (Å²) in [4.78, 5) is 29.8. The highest BCUT2D eigenvalue weighted by Gasteiger charge is 2.32. The topological polar surface area (TPSA) is 103 Å². The van der Waals surface area contributed by atoms with Gasteiger partial charge in [0, 0.05) is 62.6 Å². The first-order chi connectivity index (χ1) is 22.3. The van der Waals surface area contributed by atoms with E-state index in [4.69, 9.17) is 14.2 Å². The molecule has 1 N–H and O–H groups in total. The summed E-state index contributed by atoms with van der Waals surface area (Å²) in [6, 6.07) is 8.86. The largest absolute Gasteiger partial charge is 0.496 e. The molecule has 2 aromatic heterocycles. The summed E-state index contributed by atoms with van der Waals surface area (Å²) < 4.78 is 46.9. The molecule has 0 aliphatic carbocycles. The van der Waals surface area contributed by atoms with E-state index in [1.165, 1.54) is 11.7 Å². The lowest BCUT2D eigenvalue weighted by Crippen LogP contribution is -2.49. The average Bonchev–Trinajstić information content (AvgIpc) is 3.64. The first-order valence-corrected chi connectivity index (χ1v) is 15.4. The summed E-state index contributed by atoms with van der Waals surface area (Å²) in [5.74, 6) is 0.148. The van der Waals surface area contributed by atoms with Gasteiger partial charge in [-0.05, 0) is 63.1 Å². The van der Waals surface area contributed by atoms with Gasteiger partial charge < -0.3 is 19.5 Å². The highest BCUT2D eigenvalue weighted by molar-refractivity contribution is 5.97. The van der Waals surface area contributed by atoms with Crippen LogP contribution in [0.25, 0.3) is 10.9 Å². The number of piperazine rings is 1. The number of aromatic nitrogens is 3. The summed E-state index contributed by atoms with van der Waals surface area (Å²) in [5, 5.41) is 8.31. The number of fused-ring (bicyclic) bond motifs is 1. The molecule has 0 bridgehead atoms. The van der Waals surface area contributed by atoms with Gasteiger partial charge in [0.25, 0.3) is 6.43 Å². The lowest BCUT2D eigenvalue weighted by Gasteiger charge is -2.42. The molecular weight excluding hydrogens is 610 g/mol. The van der Waals surface area contributed by atoms with Crippen LogP contribution in [0.15, 0.2) is 48.9 Å². The van der Waals surface area contributed by atoms with Gasteiger partial charge in [0.1, 0.15) is 11.4 Å². The molecule has 2 aromatic carbocycles. The highest BCUT2D eigenvalue weighted by atomic mass is 19.3. The van der Waals surface area contributed by atoms with Crippen molar-refractivity contribution in [1.29, 1.82) is 0 Å². The van der Waals surface area contributed by atoms with Crippen molar-refractivity contribution in [2.24, 2.45) is 7.05 Å². The number of ether oxygens (including phenoxy) is 3. The van der Waals surface area contributed by atoms with E-state index in [1.54, 1.807) is 48.4 Å². The number of carbonyl (C=O) groups excluding carboxylic acids is 2. The van der Waals surface area contributed by atoms with Gasteiger partial charge in [0.2, 0.25) is 0 Å². The molecule has 5 rings (SSSR count). The molecule has 1 atom stereocenters. The van der Waals surface area contributed by atoms with Crippen molar-refractivity contribution in [3.05, 3.63) is 71.2 Å². The molecule has 1 saturated heterocycles. The SMILES string of the molecule is COC(=O)c1ccc([C@@H]2CN(CC(F)F)CCN2Cc2c(OC)cc(C)c3c2ccn3C(=O)OC(C)(C)C)cc1Nc1cnn(C)c1. The quantitative estimate of drug-likeness (QED) is 0.214. The smallest absolute Gasteiger partial charge is 0.419 e. The number of nitrogens with one attached hydrogen (secondary N) is 1. The number of methoxy groups -OCH3 is 2. The fourth-order valence-electron chi connectivity index (χ4n) is 6.12. The molecule has 0 spiro atoms. The predicted octanol–water partition coefficient (Wildman–Crippen LogP) is 6.13. The number of hydrogen-bond donors (Lipinski definition) is 1. The number of esters is 1. The average molecular weight is 653 g/mol. The lowest BCUT2D eigenvalue weighted by molar-refractivity contribution is 0.0245. The number of benzene rings is 2. The van der Waals surface area contributed by atoms with Crippen molar-refractivity contribution in [3.8, 4) is 5.75 Å². The fraction of sp³-hybridized carbons (Fsp3) is 0.441. The van der Waals surface area contributed by atoms with Crippen LogP contribution < -0.4 is 10.1 Å². The van der Waals surface area contributed by atoms with E-state index in [9.17, 15) is 18.4 Å². The molecule has 1 aliphatic rings. The molecule has 252 valence electrons. The second-order valence-corrected chi connectivity index (χ2v) is 12.8. The maximum atomic E-state index is 13.6. The number of hydrogen-bond acceptors (Lipinski definition) is 9. The minimum absolute atomic E-state index is 0.322. The number of nitrogens with zero attached hydrogens (tertiary/aromatic N) is 5. The first-order valence-electron chi connectivity index (χ1n) is 15.4. The zero-order valence-corrected chi connectivity index (χ0v) is 27.8. The van der Waals surface area contributed by atoms with Crippen LogP contribution in [0.1, 0.15) is 53.9 Å². The van der Waals surface area contributed by atoms with Crippen LogP contribution in [0.4, 0.5) is 25.0 Å². The van der Waals surface area contributed by atoms with Crippen molar-refractivity contribution >= 4 is 34.3 Å². The molecule has 0 amide bonds. The van der Waals surface area contributed by atoms with Crippen molar-refractivity contribution in [2.75, 3.05) is 45.7 Å². The van der Waals surface area contributed by atoms with Gasteiger partial charge in [-0.3, -0.25) is 19.0 Å². The summed E-state index contributed by atoms with van der Waals surface area (Å²) >= 11 is 0. The fourth-order valence-corrected chi connectivity index (χ4v) is 6.12. The van der Waals surface area contributed by atoms with Crippen LogP contribution in [0.5, 0.6) is 5.75 Å². The standard InChI is InChI=1S/C34H42F2N6O5/c1-21-14-29(45-6)26(24-10-11-42(31(21)24)33(44)47-34(2,3)4)18-41-13-12-40(20-30(35)36)19-28(41)22-8-9-25(32(43)46-7)27(15-22)38-23-16-37-39(5)17-23/h8-11,14-17,28,30,38H,12-13,18-20H2,1-7H3/t28-/m0/s1. The molecule has 0 saturated carbocycles. The Morgan fingerprint density at radius 1 is 1.13 bits per heavy atom. The van der Waals surface area contributed by atoms with Crippen LogP contribution in [0.2, 0.25) is 0 Å². The Kier molecular flexibility index (Phi) is 9.87. The van der Waals surface area contributed by atoms with Crippen LogP contribution in [0, 0.1) is 6.92 Å². The number of carbonyl (C=O) groups is 2. The number of rotatable bonds is 9. The Labute approximate surface area is 273 Å². The second-order valence-electron chi connectivity index (χ2n) is 12.8. The summed E-state index contributed by atoms with van der Waals surface area (Å²) in [6.45, 7) is 8.72. The Bertz CT molecular complexity index is 1760. The number of halogens is 2. The van der Waals surface area contributed by atoms with Gasteiger partial charge >= 0.3 is 12.1 Å². The van der Waals surface area contributed by atoms with E-state index in [1.807, 2.05) is 52.0 Å².